The Morgan fingerprint density at radius 2 is 1.73 bits per heavy atom. The lowest BCUT2D eigenvalue weighted by Gasteiger charge is -2.58. The Kier molecular flexibility index (Phi) is 4.22. The van der Waals surface area contributed by atoms with Crippen molar-refractivity contribution in [3.05, 3.63) is 35.4 Å². The maximum Gasteiger partial charge on any atom is 0.312 e. The predicted octanol–water partition coefficient (Wildman–Crippen LogP) is 3.87. The molecule has 4 saturated carbocycles. The summed E-state index contributed by atoms with van der Waals surface area (Å²) in [5.41, 5.74) is 0.493. The lowest BCUT2D eigenvalue weighted by molar-refractivity contribution is -0.195. The lowest BCUT2D eigenvalue weighted by atomic mass is 9.48. The number of ketones is 1. The zero-order valence-electron chi connectivity index (χ0n) is 15.7. The number of ether oxygens (including phenoxy) is 1. The van der Waals surface area contributed by atoms with E-state index in [4.69, 9.17) is 4.74 Å². The van der Waals surface area contributed by atoms with E-state index in [-0.39, 0.29) is 18.4 Å². The fourth-order valence-electron chi connectivity index (χ4n) is 5.87. The normalized spacial score (nSPS) is 34.9. The van der Waals surface area contributed by atoms with Crippen LogP contribution >= 0.6 is 0 Å². The van der Waals surface area contributed by atoms with E-state index in [1.54, 1.807) is 12.1 Å². The van der Waals surface area contributed by atoms with Crippen LogP contribution in [-0.4, -0.2) is 29.1 Å². The van der Waals surface area contributed by atoms with E-state index >= 15 is 0 Å². The van der Waals surface area contributed by atoms with Gasteiger partial charge in [-0.25, -0.2) is 0 Å². The van der Waals surface area contributed by atoms with Crippen LogP contribution < -0.4 is 0 Å². The van der Waals surface area contributed by atoms with Gasteiger partial charge in [-0.3, -0.25) is 9.59 Å². The van der Waals surface area contributed by atoms with Crippen LogP contribution in [0.1, 0.15) is 74.2 Å². The van der Waals surface area contributed by atoms with E-state index in [2.05, 4.69) is 13.8 Å². The van der Waals surface area contributed by atoms with Gasteiger partial charge in [0.15, 0.2) is 12.4 Å². The number of aliphatic hydroxyl groups is 1. The Morgan fingerprint density at radius 3 is 2.27 bits per heavy atom. The molecule has 0 radical (unpaired) electrons. The van der Waals surface area contributed by atoms with Crippen molar-refractivity contribution in [2.75, 3.05) is 6.61 Å². The van der Waals surface area contributed by atoms with Crippen LogP contribution in [0, 0.1) is 17.3 Å². The minimum absolute atomic E-state index is 0.169. The monoisotopic (exact) mass is 356 g/mol. The van der Waals surface area contributed by atoms with Crippen LogP contribution in [0.5, 0.6) is 0 Å². The van der Waals surface area contributed by atoms with Gasteiger partial charge in [-0.2, -0.15) is 0 Å². The van der Waals surface area contributed by atoms with E-state index in [9.17, 15) is 14.7 Å². The molecule has 4 heteroatoms. The molecule has 5 rings (SSSR count). The standard InChI is InChI=1S/C22H28O4/c1-14(2)17-3-5-18(6-4-17)19(23)12-26-20(24)21-8-15-7-16(9-21)11-22(25,10-15)13-21/h3-6,14-16,25H,7-13H2,1-2H3/t15-,16+,21?,22?. The molecule has 4 aliphatic carbocycles. The van der Waals surface area contributed by atoms with Gasteiger partial charge in [0.1, 0.15) is 0 Å². The van der Waals surface area contributed by atoms with Gasteiger partial charge in [-0.1, -0.05) is 38.1 Å². The number of hydrogen-bond donors (Lipinski definition) is 1. The largest absolute Gasteiger partial charge is 0.457 e. The molecule has 4 atom stereocenters. The van der Waals surface area contributed by atoms with Crippen LogP contribution in [0.2, 0.25) is 0 Å². The van der Waals surface area contributed by atoms with Crippen LogP contribution in [0.25, 0.3) is 0 Å². The number of carbonyl (C=O) groups excluding carboxylic acids is 2. The summed E-state index contributed by atoms with van der Waals surface area (Å²) in [5.74, 6) is 0.814. The van der Waals surface area contributed by atoms with Crippen LogP contribution in [0.3, 0.4) is 0 Å². The van der Waals surface area contributed by atoms with Crippen molar-refractivity contribution in [2.24, 2.45) is 17.3 Å². The van der Waals surface area contributed by atoms with Gasteiger partial charge in [0.2, 0.25) is 0 Å². The van der Waals surface area contributed by atoms with E-state index in [1.165, 1.54) is 5.56 Å². The van der Waals surface area contributed by atoms with Crippen molar-refractivity contribution in [2.45, 2.75) is 63.9 Å². The molecule has 2 unspecified atom stereocenters. The molecule has 1 aromatic carbocycles. The fourth-order valence-corrected chi connectivity index (χ4v) is 5.87. The molecule has 0 heterocycles. The second-order valence-electron chi connectivity index (χ2n) is 9.24. The molecule has 140 valence electrons. The zero-order valence-corrected chi connectivity index (χ0v) is 15.7. The van der Waals surface area contributed by atoms with Gasteiger partial charge >= 0.3 is 5.97 Å². The molecule has 4 nitrogen and oxygen atoms in total. The Balaban J connectivity index is 1.40. The molecular formula is C22H28O4. The summed E-state index contributed by atoms with van der Waals surface area (Å²) >= 11 is 0. The number of rotatable bonds is 5. The minimum Gasteiger partial charge on any atom is -0.457 e. The Labute approximate surface area is 154 Å². The van der Waals surface area contributed by atoms with Crippen molar-refractivity contribution < 1.29 is 19.4 Å². The summed E-state index contributed by atoms with van der Waals surface area (Å²) in [4.78, 5) is 25.2. The van der Waals surface area contributed by atoms with E-state index < -0.39 is 11.0 Å². The third kappa shape index (κ3) is 3.09. The minimum atomic E-state index is -0.695. The molecule has 4 aliphatic rings. The van der Waals surface area contributed by atoms with Gasteiger partial charge in [-0.05, 0) is 61.8 Å². The Hall–Kier alpha value is -1.68. The number of Topliss-reactive ketones (excluding diaryl/α,β-unsaturated/α-hetero) is 1. The topological polar surface area (TPSA) is 63.6 Å². The molecule has 1 N–H and O–H groups in total. The first-order valence-corrected chi connectivity index (χ1v) is 9.81. The predicted molar refractivity (Wildman–Crippen MR) is 97.9 cm³/mol. The van der Waals surface area contributed by atoms with Crippen molar-refractivity contribution in [3.63, 3.8) is 0 Å². The number of benzene rings is 1. The molecule has 0 saturated heterocycles. The zero-order chi connectivity index (χ0) is 18.5. The first-order valence-electron chi connectivity index (χ1n) is 9.81. The van der Waals surface area contributed by atoms with E-state index in [0.29, 0.717) is 29.7 Å². The third-order valence-corrected chi connectivity index (χ3v) is 6.70. The highest BCUT2D eigenvalue weighted by molar-refractivity contribution is 5.98. The molecular weight excluding hydrogens is 328 g/mol. The second-order valence-corrected chi connectivity index (χ2v) is 9.24. The first-order chi connectivity index (χ1) is 12.3. The molecule has 4 bridgehead atoms. The fraction of sp³-hybridized carbons (Fsp3) is 0.636. The molecule has 4 fully saturated rings. The average molecular weight is 356 g/mol. The summed E-state index contributed by atoms with van der Waals surface area (Å²) in [6.07, 6.45) is 4.88. The maximum absolute atomic E-state index is 12.8. The summed E-state index contributed by atoms with van der Waals surface area (Å²) < 4.78 is 5.47. The quantitative estimate of drug-likeness (QED) is 0.643. The Bertz CT molecular complexity index is 704. The second kappa shape index (κ2) is 6.19. The van der Waals surface area contributed by atoms with Gasteiger partial charge in [-0.15, -0.1) is 0 Å². The van der Waals surface area contributed by atoms with Crippen LogP contribution in [-0.2, 0) is 9.53 Å². The van der Waals surface area contributed by atoms with Crippen LogP contribution in [0.15, 0.2) is 24.3 Å². The van der Waals surface area contributed by atoms with Gasteiger partial charge < -0.3 is 9.84 Å². The summed E-state index contributed by atoms with van der Waals surface area (Å²) in [6, 6.07) is 7.51. The summed E-state index contributed by atoms with van der Waals surface area (Å²) in [6.45, 7) is 4.01. The smallest absolute Gasteiger partial charge is 0.312 e. The summed E-state index contributed by atoms with van der Waals surface area (Å²) in [7, 11) is 0. The van der Waals surface area contributed by atoms with Crippen molar-refractivity contribution in [1.82, 2.24) is 0 Å². The van der Waals surface area contributed by atoms with Gasteiger partial charge in [0.25, 0.3) is 0 Å². The van der Waals surface area contributed by atoms with Crippen LogP contribution in [0.4, 0.5) is 0 Å². The van der Waals surface area contributed by atoms with Gasteiger partial charge in [0.05, 0.1) is 11.0 Å². The van der Waals surface area contributed by atoms with Gasteiger partial charge in [0, 0.05) is 5.56 Å². The van der Waals surface area contributed by atoms with Crippen molar-refractivity contribution >= 4 is 11.8 Å². The highest BCUT2D eigenvalue weighted by Gasteiger charge is 2.60. The highest BCUT2D eigenvalue weighted by atomic mass is 16.5. The van der Waals surface area contributed by atoms with Crippen molar-refractivity contribution in [1.29, 1.82) is 0 Å². The molecule has 1 aromatic rings. The summed E-state index contributed by atoms with van der Waals surface area (Å²) in [5, 5.41) is 10.8. The van der Waals surface area contributed by atoms with Crippen molar-refractivity contribution in [3.8, 4) is 0 Å². The lowest BCUT2D eigenvalue weighted by Crippen LogP contribution is -2.58. The average Bonchev–Trinajstić information content (AvgIpc) is 2.57. The number of hydrogen-bond acceptors (Lipinski definition) is 4. The van der Waals surface area contributed by atoms with E-state index in [1.807, 2.05) is 12.1 Å². The number of esters is 1. The molecule has 0 aromatic heterocycles. The SMILES string of the molecule is CC(C)c1ccc(C(=O)COC(=O)C23C[C@@H]4C[C@@H](CC(O)(C4)C2)C3)cc1. The Morgan fingerprint density at radius 1 is 1.12 bits per heavy atom. The third-order valence-electron chi connectivity index (χ3n) is 6.70. The molecule has 0 spiro atoms. The maximum atomic E-state index is 12.8. The molecule has 26 heavy (non-hydrogen) atoms. The molecule has 0 aliphatic heterocycles. The molecule has 0 amide bonds. The first kappa shape index (κ1) is 17.7. The van der Waals surface area contributed by atoms with E-state index in [0.717, 1.165) is 32.1 Å². The number of carbonyl (C=O) groups is 2. The highest BCUT2D eigenvalue weighted by Crippen LogP contribution is 2.61.